The van der Waals surface area contributed by atoms with E-state index in [2.05, 4.69) is 48.1 Å². The standard InChI is InChI=1S/C38H70N4O4/c1-5-9-11-13-15-17-19-21-23-25-30-41(7-3)33-45-37(43)39-35-28-27-29-36(32-35)40-38(44)46-34-42(8-4)31-26-24-22-20-18-16-14-12-10-6-2/h27-29,32H,5-26,30-31,33-34H2,1-4H3,(H,39,43)(H,40,44). The van der Waals surface area contributed by atoms with Crippen LogP contribution < -0.4 is 10.6 Å². The summed E-state index contributed by atoms with van der Waals surface area (Å²) in [6.07, 6.45) is 25.1. The summed E-state index contributed by atoms with van der Waals surface area (Å²) in [6, 6.07) is 7.01. The van der Waals surface area contributed by atoms with Gasteiger partial charge in [0.2, 0.25) is 0 Å². The fourth-order valence-electron chi connectivity index (χ4n) is 5.56. The third kappa shape index (κ3) is 23.9. The van der Waals surface area contributed by atoms with Gasteiger partial charge in [-0.2, -0.15) is 0 Å². The van der Waals surface area contributed by atoms with Crippen molar-refractivity contribution in [2.24, 2.45) is 0 Å². The summed E-state index contributed by atoms with van der Waals surface area (Å²) in [5.41, 5.74) is 1.10. The molecule has 0 unspecified atom stereocenters. The molecule has 1 rings (SSSR count). The van der Waals surface area contributed by atoms with Gasteiger partial charge in [-0.15, -0.1) is 0 Å². The summed E-state index contributed by atoms with van der Waals surface area (Å²) in [7, 11) is 0. The van der Waals surface area contributed by atoms with Crippen LogP contribution >= 0.6 is 0 Å². The molecule has 0 heterocycles. The Kier molecular flexibility index (Phi) is 27.2. The van der Waals surface area contributed by atoms with E-state index in [1.807, 2.05) is 0 Å². The minimum Gasteiger partial charge on any atom is -0.433 e. The van der Waals surface area contributed by atoms with E-state index in [9.17, 15) is 9.59 Å². The fraction of sp³-hybridized carbons (Fsp3) is 0.789. The summed E-state index contributed by atoms with van der Waals surface area (Å²) in [5, 5.41) is 5.53. The quantitative estimate of drug-likeness (QED) is 0.0639. The number of anilines is 2. The molecule has 0 aliphatic rings. The highest BCUT2D eigenvalue weighted by molar-refractivity contribution is 5.88. The molecule has 0 fully saturated rings. The molecule has 0 aliphatic heterocycles. The number of rotatable bonds is 30. The first kappa shape index (κ1) is 41.7. The van der Waals surface area contributed by atoms with Gasteiger partial charge in [-0.1, -0.05) is 149 Å². The largest absolute Gasteiger partial charge is 0.433 e. The Morgan fingerprint density at radius 1 is 0.522 bits per heavy atom. The molecule has 0 aromatic heterocycles. The van der Waals surface area contributed by atoms with Gasteiger partial charge in [0, 0.05) is 24.5 Å². The molecule has 266 valence electrons. The monoisotopic (exact) mass is 647 g/mol. The third-order valence-corrected chi connectivity index (χ3v) is 8.66. The van der Waals surface area contributed by atoms with E-state index < -0.39 is 12.2 Å². The highest BCUT2D eigenvalue weighted by Crippen LogP contribution is 2.16. The van der Waals surface area contributed by atoms with Gasteiger partial charge in [0.1, 0.15) is 13.5 Å². The number of hydrogen-bond acceptors (Lipinski definition) is 6. The average Bonchev–Trinajstić information content (AvgIpc) is 3.05. The lowest BCUT2D eigenvalue weighted by atomic mass is 10.1. The Hall–Kier alpha value is -2.32. The SMILES string of the molecule is CCCCCCCCCCCCN(CC)COC(=O)Nc1cccc(NC(=O)OCN(CC)CCCCCCCCCCCC)c1. The zero-order valence-electron chi connectivity index (χ0n) is 30.2. The van der Waals surface area contributed by atoms with E-state index in [1.165, 1.54) is 116 Å². The fourth-order valence-corrected chi connectivity index (χ4v) is 5.56. The Morgan fingerprint density at radius 2 is 0.848 bits per heavy atom. The molecule has 46 heavy (non-hydrogen) atoms. The molecule has 8 heteroatoms. The van der Waals surface area contributed by atoms with Gasteiger partial charge in [0.15, 0.2) is 0 Å². The van der Waals surface area contributed by atoms with Gasteiger partial charge in [-0.05, 0) is 44.1 Å². The van der Waals surface area contributed by atoms with Gasteiger partial charge in [-0.25, -0.2) is 9.59 Å². The predicted octanol–water partition coefficient (Wildman–Crippen LogP) is 11.2. The number of nitrogens with zero attached hydrogens (tertiary/aromatic N) is 2. The van der Waals surface area contributed by atoms with Crippen molar-refractivity contribution in [1.82, 2.24) is 9.80 Å². The van der Waals surface area contributed by atoms with Gasteiger partial charge in [0.05, 0.1) is 0 Å². The van der Waals surface area contributed by atoms with Crippen LogP contribution in [-0.2, 0) is 9.47 Å². The summed E-state index contributed by atoms with van der Waals surface area (Å²) in [6.45, 7) is 12.7. The second-order valence-electron chi connectivity index (χ2n) is 12.7. The van der Waals surface area contributed by atoms with Crippen molar-refractivity contribution in [3.63, 3.8) is 0 Å². The van der Waals surface area contributed by atoms with Crippen molar-refractivity contribution >= 4 is 23.6 Å². The van der Waals surface area contributed by atoms with E-state index in [4.69, 9.17) is 9.47 Å². The molecule has 0 saturated carbocycles. The molecule has 0 bridgehead atoms. The van der Waals surface area contributed by atoms with Crippen LogP contribution in [0.5, 0.6) is 0 Å². The number of nitrogens with one attached hydrogen (secondary N) is 2. The smallest absolute Gasteiger partial charge is 0.412 e. The number of benzene rings is 1. The number of carbonyl (C=O) groups is 2. The lowest BCUT2D eigenvalue weighted by molar-refractivity contribution is 0.0794. The molecule has 8 nitrogen and oxygen atoms in total. The molecule has 0 atom stereocenters. The van der Waals surface area contributed by atoms with Crippen LogP contribution in [0.15, 0.2) is 24.3 Å². The molecule has 2 N–H and O–H groups in total. The Morgan fingerprint density at radius 3 is 1.17 bits per heavy atom. The van der Waals surface area contributed by atoms with Crippen LogP contribution in [0.2, 0.25) is 0 Å². The Bertz CT molecular complexity index is 804. The third-order valence-electron chi connectivity index (χ3n) is 8.66. The zero-order valence-corrected chi connectivity index (χ0v) is 30.2. The number of carbonyl (C=O) groups excluding carboxylic acids is 2. The Labute approximate surface area is 282 Å². The van der Waals surface area contributed by atoms with Crippen LogP contribution in [0.1, 0.15) is 156 Å². The first-order chi connectivity index (χ1) is 22.5. The zero-order chi connectivity index (χ0) is 33.5. The van der Waals surface area contributed by atoms with Crippen molar-refractivity contribution in [2.45, 2.75) is 156 Å². The summed E-state index contributed by atoms with van der Waals surface area (Å²) < 4.78 is 11.0. The predicted molar refractivity (Wildman–Crippen MR) is 195 cm³/mol. The summed E-state index contributed by atoms with van der Waals surface area (Å²) in [4.78, 5) is 29.2. The molecular formula is C38H70N4O4. The van der Waals surface area contributed by atoms with E-state index in [1.54, 1.807) is 24.3 Å². The lowest BCUT2D eigenvalue weighted by Gasteiger charge is -2.20. The maximum absolute atomic E-state index is 12.5. The second-order valence-corrected chi connectivity index (χ2v) is 12.7. The van der Waals surface area contributed by atoms with Gasteiger partial charge < -0.3 is 9.47 Å². The molecular weight excluding hydrogens is 576 g/mol. The highest BCUT2D eigenvalue weighted by Gasteiger charge is 2.11. The Balaban J connectivity index is 2.22. The minimum atomic E-state index is -0.508. The maximum Gasteiger partial charge on any atom is 0.412 e. The van der Waals surface area contributed by atoms with Crippen LogP contribution in [0.25, 0.3) is 0 Å². The summed E-state index contributed by atoms with van der Waals surface area (Å²) >= 11 is 0. The van der Waals surface area contributed by atoms with Crippen LogP contribution in [-0.4, -0.2) is 61.6 Å². The molecule has 1 aromatic carbocycles. The van der Waals surface area contributed by atoms with Crippen molar-refractivity contribution in [3.05, 3.63) is 24.3 Å². The minimum absolute atomic E-state index is 0.261. The number of ether oxygens (including phenoxy) is 2. The molecule has 0 spiro atoms. The first-order valence-electron chi connectivity index (χ1n) is 18.9. The summed E-state index contributed by atoms with van der Waals surface area (Å²) in [5.74, 6) is 0. The van der Waals surface area contributed by atoms with Crippen molar-refractivity contribution < 1.29 is 19.1 Å². The van der Waals surface area contributed by atoms with Crippen LogP contribution in [0, 0.1) is 0 Å². The normalized spacial score (nSPS) is 11.3. The van der Waals surface area contributed by atoms with E-state index >= 15 is 0 Å². The van der Waals surface area contributed by atoms with Gasteiger partial charge >= 0.3 is 12.2 Å². The molecule has 0 aliphatic carbocycles. The lowest BCUT2D eigenvalue weighted by Crippen LogP contribution is -2.30. The molecule has 1 aromatic rings. The molecule has 0 radical (unpaired) electrons. The van der Waals surface area contributed by atoms with Crippen molar-refractivity contribution in [1.29, 1.82) is 0 Å². The van der Waals surface area contributed by atoms with Crippen molar-refractivity contribution in [3.8, 4) is 0 Å². The van der Waals surface area contributed by atoms with Crippen LogP contribution in [0.4, 0.5) is 21.0 Å². The van der Waals surface area contributed by atoms with Crippen molar-refractivity contribution in [2.75, 3.05) is 50.3 Å². The topological polar surface area (TPSA) is 83.1 Å². The second kappa shape index (κ2) is 30.0. The van der Waals surface area contributed by atoms with E-state index in [0.29, 0.717) is 11.4 Å². The molecule has 2 amide bonds. The van der Waals surface area contributed by atoms with Crippen LogP contribution in [0.3, 0.4) is 0 Å². The number of hydrogen-bond donors (Lipinski definition) is 2. The average molecular weight is 647 g/mol. The van der Waals surface area contributed by atoms with E-state index in [0.717, 1.165) is 39.0 Å². The number of unbranched alkanes of at least 4 members (excludes halogenated alkanes) is 18. The first-order valence-corrected chi connectivity index (χ1v) is 18.9. The van der Waals surface area contributed by atoms with Gasteiger partial charge in [-0.3, -0.25) is 20.4 Å². The van der Waals surface area contributed by atoms with Gasteiger partial charge in [0.25, 0.3) is 0 Å². The molecule has 0 saturated heterocycles. The highest BCUT2D eigenvalue weighted by atomic mass is 16.6. The van der Waals surface area contributed by atoms with E-state index in [-0.39, 0.29) is 13.5 Å². The number of amides is 2. The maximum atomic E-state index is 12.5.